The van der Waals surface area contributed by atoms with E-state index >= 15 is 0 Å². The maximum Gasteiger partial charge on any atom is 0.313 e. The molecule has 1 aromatic carbocycles. The summed E-state index contributed by atoms with van der Waals surface area (Å²) in [7, 11) is 0. The number of fused-ring (bicyclic) bond motifs is 1. The first kappa shape index (κ1) is 33.4. The Hall–Kier alpha value is -3.50. The maximum absolute atomic E-state index is 14.4. The van der Waals surface area contributed by atoms with Crippen LogP contribution in [-0.4, -0.2) is 88.1 Å². The van der Waals surface area contributed by atoms with Gasteiger partial charge in [0.1, 0.15) is 17.7 Å². The minimum atomic E-state index is -1.21. The summed E-state index contributed by atoms with van der Waals surface area (Å²) in [6, 6.07) is 7.38. The Morgan fingerprint density at radius 3 is 2.59 bits per heavy atom. The van der Waals surface area contributed by atoms with Gasteiger partial charge in [-0.1, -0.05) is 55.8 Å². The number of allylic oxidation sites excluding steroid dienone is 1. The van der Waals surface area contributed by atoms with Gasteiger partial charge in [-0.15, -0.1) is 13.2 Å². The molecule has 1 unspecified atom stereocenters. The Bertz CT molecular complexity index is 1220. The Morgan fingerprint density at radius 1 is 1.23 bits per heavy atom. The van der Waals surface area contributed by atoms with E-state index in [1.165, 1.54) is 4.90 Å². The van der Waals surface area contributed by atoms with Crippen LogP contribution in [-0.2, 0) is 28.7 Å². The van der Waals surface area contributed by atoms with Gasteiger partial charge in [0.05, 0.1) is 37.1 Å². The fourth-order valence-corrected chi connectivity index (χ4v) is 7.20. The number of aliphatic hydroxyl groups excluding tert-OH is 1. The van der Waals surface area contributed by atoms with Crippen molar-refractivity contribution in [1.82, 2.24) is 15.1 Å². The molecule has 2 bridgehead atoms. The quantitative estimate of drug-likeness (QED) is 0.218. The zero-order valence-electron chi connectivity index (χ0n) is 26.2. The van der Waals surface area contributed by atoms with Crippen LogP contribution in [0.4, 0.5) is 0 Å². The van der Waals surface area contributed by atoms with Crippen molar-refractivity contribution in [3.8, 4) is 0 Å². The van der Waals surface area contributed by atoms with Crippen LogP contribution in [0.5, 0.6) is 0 Å². The molecule has 3 fully saturated rings. The molecular weight excluding hydrogens is 562 g/mol. The smallest absolute Gasteiger partial charge is 0.313 e. The van der Waals surface area contributed by atoms with Gasteiger partial charge in [0.15, 0.2) is 0 Å². The summed E-state index contributed by atoms with van der Waals surface area (Å²) in [6.45, 7) is 13.2. The van der Waals surface area contributed by atoms with Crippen molar-refractivity contribution in [3.63, 3.8) is 0 Å². The molecule has 3 aliphatic rings. The van der Waals surface area contributed by atoms with Crippen LogP contribution in [0.2, 0.25) is 0 Å². The van der Waals surface area contributed by atoms with Crippen LogP contribution >= 0.6 is 0 Å². The SMILES string of the molecule is C=CCCC(=O)NC[C@@H](OC(=O)[C@@H]1[C@@H]2CC[C@]3(O2)[C@H](C(=O)N(CC=C)C(C)CCC)N([C@H](C)CO)C(=O)[C@@H]13)c1ccccc1. The second kappa shape index (κ2) is 14.5. The molecule has 1 spiro atoms. The van der Waals surface area contributed by atoms with E-state index in [1.807, 2.05) is 44.2 Å². The highest BCUT2D eigenvalue weighted by atomic mass is 16.6. The first-order valence-corrected chi connectivity index (χ1v) is 15.8. The van der Waals surface area contributed by atoms with Gasteiger partial charge in [-0.3, -0.25) is 19.2 Å². The molecule has 0 aromatic heterocycles. The molecule has 0 radical (unpaired) electrons. The van der Waals surface area contributed by atoms with Crippen molar-refractivity contribution in [3.05, 3.63) is 61.2 Å². The van der Waals surface area contributed by atoms with Gasteiger partial charge in [0, 0.05) is 19.0 Å². The number of carbonyl (C=O) groups excluding carboxylic acids is 4. The molecule has 10 nitrogen and oxygen atoms in total. The molecule has 1 aromatic rings. The summed E-state index contributed by atoms with van der Waals surface area (Å²) in [5.41, 5.74) is -0.506. The number of likely N-dealkylation sites (tertiary alicyclic amines) is 1. The largest absolute Gasteiger partial charge is 0.455 e. The van der Waals surface area contributed by atoms with Gasteiger partial charge in [-0.2, -0.15) is 0 Å². The number of aliphatic hydroxyl groups is 1. The molecule has 44 heavy (non-hydrogen) atoms. The summed E-state index contributed by atoms with van der Waals surface area (Å²) in [6.07, 6.45) is 5.34. The van der Waals surface area contributed by atoms with Crippen molar-refractivity contribution in [2.45, 2.75) is 95.2 Å². The van der Waals surface area contributed by atoms with E-state index in [0.29, 0.717) is 31.4 Å². The fraction of sp³-hybridized carbons (Fsp3) is 0.588. The Balaban J connectivity index is 1.64. The average molecular weight is 610 g/mol. The molecule has 3 heterocycles. The summed E-state index contributed by atoms with van der Waals surface area (Å²) < 4.78 is 12.6. The minimum Gasteiger partial charge on any atom is -0.455 e. The molecule has 3 aliphatic heterocycles. The Kier molecular flexibility index (Phi) is 11.0. The van der Waals surface area contributed by atoms with Gasteiger partial charge in [0.25, 0.3) is 0 Å². The van der Waals surface area contributed by atoms with Crippen LogP contribution < -0.4 is 5.32 Å². The highest BCUT2D eigenvalue weighted by molar-refractivity contribution is 5.98. The number of esters is 1. The van der Waals surface area contributed by atoms with Gasteiger partial charge in [0.2, 0.25) is 17.7 Å². The molecule has 10 heteroatoms. The lowest BCUT2D eigenvalue weighted by molar-refractivity contribution is -0.161. The van der Waals surface area contributed by atoms with Gasteiger partial charge in [-0.05, 0) is 45.1 Å². The van der Waals surface area contributed by atoms with E-state index in [-0.39, 0.29) is 43.3 Å². The third kappa shape index (κ3) is 6.33. The highest BCUT2D eigenvalue weighted by Crippen LogP contribution is 2.59. The van der Waals surface area contributed by atoms with E-state index in [1.54, 1.807) is 24.0 Å². The van der Waals surface area contributed by atoms with Crippen LogP contribution in [0.1, 0.15) is 71.0 Å². The van der Waals surface area contributed by atoms with Crippen molar-refractivity contribution in [2.75, 3.05) is 19.7 Å². The average Bonchev–Trinajstić information content (AvgIpc) is 3.67. The minimum absolute atomic E-state index is 0.0638. The van der Waals surface area contributed by atoms with Crippen molar-refractivity contribution >= 4 is 23.7 Å². The van der Waals surface area contributed by atoms with Crippen molar-refractivity contribution in [2.24, 2.45) is 11.8 Å². The second-order valence-corrected chi connectivity index (χ2v) is 12.2. The van der Waals surface area contributed by atoms with Crippen LogP contribution in [0.3, 0.4) is 0 Å². The number of hydrogen-bond donors (Lipinski definition) is 2. The normalized spacial score (nSPS) is 27.3. The predicted molar refractivity (Wildman–Crippen MR) is 165 cm³/mol. The lowest BCUT2D eigenvalue weighted by Crippen LogP contribution is -2.59. The monoisotopic (exact) mass is 609 g/mol. The summed E-state index contributed by atoms with van der Waals surface area (Å²) in [5, 5.41) is 13.0. The number of nitrogens with zero attached hydrogens (tertiary/aromatic N) is 2. The maximum atomic E-state index is 14.4. The van der Waals surface area contributed by atoms with E-state index in [0.717, 1.165) is 12.8 Å². The van der Waals surface area contributed by atoms with E-state index in [2.05, 4.69) is 18.5 Å². The topological polar surface area (TPSA) is 125 Å². The molecule has 4 rings (SSSR count). The van der Waals surface area contributed by atoms with Crippen molar-refractivity contribution < 1.29 is 33.8 Å². The lowest BCUT2D eigenvalue weighted by atomic mass is 9.70. The molecule has 3 amide bonds. The van der Waals surface area contributed by atoms with Crippen molar-refractivity contribution in [1.29, 1.82) is 0 Å². The fourth-order valence-electron chi connectivity index (χ4n) is 7.20. The molecule has 0 saturated carbocycles. The van der Waals surface area contributed by atoms with E-state index in [4.69, 9.17) is 9.47 Å². The third-order valence-electron chi connectivity index (χ3n) is 9.32. The first-order valence-electron chi connectivity index (χ1n) is 15.8. The number of amides is 3. The highest BCUT2D eigenvalue weighted by Gasteiger charge is 2.75. The molecular formula is C34H47N3O7. The summed E-state index contributed by atoms with van der Waals surface area (Å²) in [5.74, 6) is -3.29. The zero-order valence-corrected chi connectivity index (χ0v) is 26.2. The number of rotatable bonds is 16. The number of benzene rings is 1. The molecule has 240 valence electrons. The standard InChI is InChI=1S/C34H47N3O7/c1-6-9-16-27(39)35-20-26(24-14-11-10-12-15-24)43-33(42)28-25-17-18-34(44-25)29(28)31(40)37(23(5)21-38)30(34)32(41)36(19-8-3)22(4)13-7-2/h6,8,10-12,14-15,22-23,25-26,28-30,38H,1,3,7,9,13,16-21H2,2,4-5H3,(H,35,39)/t22?,23-,25+,26-,28-,29-,30+,34-/m1/s1. The predicted octanol–water partition coefficient (Wildman–Crippen LogP) is 3.31. The molecule has 2 N–H and O–H groups in total. The van der Waals surface area contributed by atoms with E-state index < -0.39 is 47.7 Å². The van der Waals surface area contributed by atoms with Gasteiger partial charge < -0.3 is 29.7 Å². The molecule has 3 saturated heterocycles. The Morgan fingerprint density at radius 2 is 1.95 bits per heavy atom. The second-order valence-electron chi connectivity index (χ2n) is 12.2. The molecule has 8 atom stereocenters. The summed E-state index contributed by atoms with van der Waals surface area (Å²) in [4.78, 5) is 58.1. The number of hydrogen-bond acceptors (Lipinski definition) is 7. The first-order chi connectivity index (χ1) is 21.1. The van der Waals surface area contributed by atoms with Gasteiger partial charge >= 0.3 is 5.97 Å². The van der Waals surface area contributed by atoms with Crippen LogP contribution in [0.15, 0.2) is 55.6 Å². The Labute approximate surface area is 260 Å². The van der Waals surface area contributed by atoms with Crippen LogP contribution in [0, 0.1) is 11.8 Å². The third-order valence-corrected chi connectivity index (χ3v) is 9.32. The number of carbonyl (C=O) groups is 4. The lowest BCUT2D eigenvalue weighted by Gasteiger charge is -2.40. The zero-order chi connectivity index (χ0) is 32.0. The summed E-state index contributed by atoms with van der Waals surface area (Å²) >= 11 is 0. The molecule has 0 aliphatic carbocycles. The van der Waals surface area contributed by atoms with E-state index in [9.17, 15) is 24.3 Å². The number of nitrogens with one attached hydrogen (secondary N) is 1. The van der Waals surface area contributed by atoms with Gasteiger partial charge in [-0.25, -0.2) is 0 Å². The number of ether oxygens (including phenoxy) is 2. The van der Waals surface area contributed by atoms with Crippen LogP contribution in [0.25, 0.3) is 0 Å².